The van der Waals surface area contributed by atoms with Crippen LogP contribution in [0.1, 0.15) is 46.6 Å². The van der Waals surface area contributed by atoms with Gasteiger partial charge in [0.1, 0.15) is 0 Å². The second-order valence-electron chi connectivity index (χ2n) is 6.56. The van der Waals surface area contributed by atoms with Gasteiger partial charge >= 0.3 is 0 Å². The normalized spacial score (nSPS) is 12.3. The third-order valence-corrected chi connectivity index (χ3v) is 4.14. The molecular formula is C17H28N2O. The van der Waals surface area contributed by atoms with Gasteiger partial charge < -0.3 is 10.6 Å². The van der Waals surface area contributed by atoms with Crippen LogP contribution in [0.2, 0.25) is 0 Å². The topological polar surface area (TPSA) is 46.3 Å². The molecule has 3 heteroatoms. The summed E-state index contributed by atoms with van der Waals surface area (Å²) in [6.45, 7) is 11.2. The first kappa shape index (κ1) is 16.7. The molecule has 0 radical (unpaired) electrons. The molecule has 0 heterocycles. The maximum Gasteiger partial charge on any atom is 0.230 e. The highest BCUT2D eigenvalue weighted by Crippen LogP contribution is 2.31. The lowest BCUT2D eigenvalue weighted by molar-refractivity contribution is -0.144. The molecule has 1 aromatic rings. The van der Waals surface area contributed by atoms with E-state index in [4.69, 9.17) is 5.73 Å². The summed E-state index contributed by atoms with van der Waals surface area (Å²) in [6.07, 6.45) is 0.944. The first-order valence-corrected chi connectivity index (χ1v) is 7.32. The molecule has 1 aromatic carbocycles. The summed E-state index contributed by atoms with van der Waals surface area (Å²) in [5.41, 5.74) is 6.21. The van der Waals surface area contributed by atoms with Gasteiger partial charge in [-0.05, 0) is 39.7 Å². The average Bonchev–Trinajstić information content (AvgIpc) is 2.37. The van der Waals surface area contributed by atoms with Crippen LogP contribution in [0.15, 0.2) is 30.3 Å². The second kappa shape index (κ2) is 6.40. The highest BCUT2D eigenvalue weighted by atomic mass is 16.2. The molecule has 2 N–H and O–H groups in total. The number of nitrogens with zero attached hydrogens (tertiary/aromatic N) is 1. The fourth-order valence-corrected chi connectivity index (χ4v) is 2.00. The van der Waals surface area contributed by atoms with Gasteiger partial charge in [0.2, 0.25) is 5.91 Å². The van der Waals surface area contributed by atoms with Gasteiger partial charge in [-0.1, -0.05) is 37.3 Å². The van der Waals surface area contributed by atoms with Crippen molar-refractivity contribution < 1.29 is 4.79 Å². The lowest BCUT2D eigenvalue weighted by Crippen LogP contribution is -2.56. The van der Waals surface area contributed by atoms with Gasteiger partial charge in [-0.15, -0.1) is 0 Å². The highest BCUT2D eigenvalue weighted by molar-refractivity contribution is 5.83. The summed E-state index contributed by atoms with van der Waals surface area (Å²) < 4.78 is 0. The van der Waals surface area contributed by atoms with Gasteiger partial charge in [-0.3, -0.25) is 4.79 Å². The van der Waals surface area contributed by atoms with Crippen LogP contribution in [-0.2, 0) is 11.3 Å². The van der Waals surface area contributed by atoms with Crippen molar-refractivity contribution in [2.45, 2.75) is 53.1 Å². The second-order valence-corrected chi connectivity index (χ2v) is 6.56. The molecule has 0 aliphatic rings. The molecule has 0 aromatic heterocycles. The molecule has 0 spiro atoms. The molecule has 0 aliphatic heterocycles. The molecule has 0 fully saturated rings. The van der Waals surface area contributed by atoms with Crippen LogP contribution in [0.25, 0.3) is 0 Å². The van der Waals surface area contributed by atoms with E-state index in [2.05, 4.69) is 19.1 Å². The van der Waals surface area contributed by atoms with Crippen LogP contribution in [0.5, 0.6) is 0 Å². The zero-order valence-corrected chi connectivity index (χ0v) is 13.4. The van der Waals surface area contributed by atoms with E-state index in [-0.39, 0.29) is 5.91 Å². The van der Waals surface area contributed by atoms with Crippen molar-refractivity contribution in [3.05, 3.63) is 35.9 Å². The summed E-state index contributed by atoms with van der Waals surface area (Å²) in [5, 5.41) is 0. The third-order valence-electron chi connectivity index (χ3n) is 4.14. The predicted molar refractivity (Wildman–Crippen MR) is 84.2 cm³/mol. The first-order chi connectivity index (χ1) is 9.20. The van der Waals surface area contributed by atoms with Gasteiger partial charge in [-0.2, -0.15) is 0 Å². The molecule has 0 bridgehead atoms. The summed E-state index contributed by atoms with van der Waals surface area (Å²) in [5.74, 6) is 0.121. The van der Waals surface area contributed by atoms with Crippen molar-refractivity contribution in [2.24, 2.45) is 11.1 Å². The first-order valence-electron chi connectivity index (χ1n) is 7.32. The van der Waals surface area contributed by atoms with Crippen molar-refractivity contribution in [1.29, 1.82) is 0 Å². The van der Waals surface area contributed by atoms with E-state index in [0.717, 1.165) is 18.5 Å². The van der Waals surface area contributed by atoms with Crippen LogP contribution in [0.3, 0.4) is 0 Å². The van der Waals surface area contributed by atoms with Crippen LogP contribution in [-0.4, -0.2) is 22.9 Å². The van der Waals surface area contributed by atoms with Crippen molar-refractivity contribution in [1.82, 2.24) is 4.90 Å². The molecule has 0 aliphatic carbocycles. The lowest BCUT2D eigenvalue weighted by atomic mass is 9.74. The average molecular weight is 276 g/mol. The smallest absolute Gasteiger partial charge is 0.230 e. The maximum atomic E-state index is 12.9. The Balaban J connectivity index is 2.94. The number of amides is 1. The van der Waals surface area contributed by atoms with Crippen LogP contribution < -0.4 is 5.73 Å². The standard InChI is InChI=1S/C17H28N2O/c1-6-12-19(13-14-10-8-7-9-11-14)15(20)16(2,3)17(4,5)18/h7-11H,6,12-13,18H2,1-5H3. The summed E-state index contributed by atoms with van der Waals surface area (Å²) >= 11 is 0. The summed E-state index contributed by atoms with van der Waals surface area (Å²) in [7, 11) is 0. The number of nitrogens with two attached hydrogens (primary N) is 1. The Morgan fingerprint density at radius 1 is 1.15 bits per heavy atom. The van der Waals surface area contributed by atoms with Crippen molar-refractivity contribution in [2.75, 3.05) is 6.54 Å². The molecular weight excluding hydrogens is 248 g/mol. The fraction of sp³-hybridized carbons (Fsp3) is 0.588. The molecule has 112 valence electrons. The van der Waals surface area contributed by atoms with Gasteiger partial charge in [0, 0.05) is 18.6 Å². The van der Waals surface area contributed by atoms with Crippen LogP contribution in [0, 0.1) is 5.41 Å². The molecule has 1 rings (SSSR count). The van der Waals surface area contributed by atoms with E-state index in [1.165, 1.54) is 0 Å². The molecule has 0 unspecified atom stereocenters. The minimum atomic E-state index is -0.586. The largest absolute Gasteiger partial charge is 0.338 e. The maximum absolute atomic E-state index is 12.9. The van der Waals surface area contributed by atoms with Gasteiger partial charge in [0.05, 0.1) is 5.41 Å². The Morgan fingerprint density at radius 3 is 2.15 bits per heavy atom. The molecule has 0 saturated carbocycles. The van der Waals surface area contributed by atoms with Gasteiger partial charge in [0.25, 0.3) is 0 Å². The summed E-state index contributed by atoms with van der Waals surface area (Å²) in [6, 6.07) is 10.1. The number of benzene rings is 1. The van der Waals surface area contributed by atoms with E-state index in [1.54, 1.807) is 0 Å². The Labute approximate surface area is 123 Å². The number of carbonyl (C=O) groups is 1. The quantitative estimate of drug-likeness (QED) is 0.867. The van der Waals surface area contributed by atoms with Gasteiger partial charge in [-0.25, -0.2) is 0 Å². The SMILES string of the molecule is CCCN(Cc1ccccc1)C(=O)C(C)(C)C(C)(C)N. The third kappa shape index (κ3) is 3.83. The Kier molecular flexibility index (Phi) is 5.35. The van der Waals surface area contributed by atoms with E-state index < -0.39 is 11.0 Å². The number of carbonyl (C=O) groups excluding carboxylic acids is 1. The molecule has 0 atom stereocenters. The molecule has 1 amide bonds. The van der Waals surface area contributed by atoms with Crippen molar-refractivity contribution in [3.63, 3.8) is 0 Å². The number of rotatable bonds is 6. The minimum Gasteiger partial charge on any atom is -0.338 e. The highest BCUT2D eigenvalue weighted by Gasteiger charge is 2.42. The van der Waals surface area contributed by atoms with Crippen LogP contribution >= 0.6 is 0 Å². The van der Waals surface area contributed by atoms with E-state index in [0.29, 0.717) is 6.54 Å². The van der Waals surface area contributed by atoms with Gasteiger partial charge in [0.15, 0.2) is 0 Å². The Hall–Kier alpha value is -1.35. The molecule has 20 heavy (non-hydrogen) atoms. The van der Waals surface area contributed by atoms with E-state index in [1.807, 2.05) is 50.8 Å². The zero-order chi connectivity index (χ0) is 15.4. The van der Waals surface area contributed by atoms with E-state index in [9.17, 15) is 4.79 Å². The van der Waals surface area contributed by atoms with Crippen LogP contribution in [0.4, 0.5) is 0 Å². The number of hydrogen-bond acceptors (Lipinski definition) is 2. The van der Waals surface area contributed by atoms with Crippen molar-refractivity contribution >= 4 is 5.91 Å². The van der Waals surface area contributed by atoms with Crippen molar-refractivity contribution in [3.8, 4) is 0 Å². The summed E-state index contributed by atoms with van der Waals surface area (Å²) in [4.78, 5) is 14.8. The predicted octanol–water partition coefficient (Wildman–Crippen LogP) is 3.19. The Bertz CT molecular complexity index is 432. The lowest BCUT2D eigenvalue weighted by Gasteiger charge is -2.40. The molecule has 3 nitrogen and oxygen atoms in total. The monoisotopic (exact) mass is 276 g/mol. The van der Waals surface area contributed by atoms with E-state index >= 15 is 0 Å². The minimum absolute atomic E-state index is 0.121. The molecule has 0 saturated heterocycles. The Morgan fingerprint density at radius 2 is 1.70 bits per heavy atom. The number of hydrogen-bond donors (Lipinski definition) is 1. The fourth-order valence-electron chi connectivity index (χ4n) is 2.00. The zero-order valence-electron chi connectivity index (χ0n) is 13.4.